The lowest BCUT2D eigenvalue weighted by molar-refractivity contribution is -0.125. The van der Waals surface area contributed by atoms with E-state index >= 15 is 0 Å². The van der Waals surface area contributed by atoms with Gasteiger partial charge in [-0.25, -0.2) is 4.39 Å². The molecule has 1 amide bonds. The second-order valence-electron chi connectivity index (χ2n) is 1.97. The van der Waals surface area contributed by atoms with Gasteiger partial charge in [-0.15, -0.1) is 0 Å². The Morgan fingerprint density at radius 3 is 2.89 bits per heavy atom. The van der Waals surface area contributed by atoms with E-state index in [-0.39, 0.29) is 5.91 Å². The van der Waals surface area contributed by atoms with Crippen LogP contribution in [0.1, 0.15) is 12.8 Å². The molecule has 0 aromatic carbocycles. The van der Waals surface area contributed by atoms with Crippen LogP contribution in [0, 0.1) is 0 Å². The summed E-state index contributed by atoms with van der Waals surface area (Å²) in [6.45, 7) is 0.666. The molecular formula is C6H8FNO. The average Bonchev–Trinajstić information content (AvgIpc) is 2.18. The molecule has 1 saturated heterocycles. The van der Waals surface area contributed by atoms with Crippen molar-refractivity contribution in [2.24, 2.45) is 0 Å². The van der Waals surface area contributed by atoms with Crippen LogP contribution in [-0.2, 0) is 4.79 Å². The number of amides is 1. The van der Waals surface area contributed by atoms with Crippen molar-refractivity contribution in [3.8, 4) is 0 Å². The molecule has 3 heteroatoms. The van der Waals surface area contributed by atoms with Crippen molar-refractivity contribution < 1.29 is 9.18 Å². The molecule has 1 heterocycles. The smallest absolute Gasteiger partial charge is 0.226 e. The summed E-state index contributed by atoms with van der Waals surface area (Å²) in [7, 11) is 0. The van der Waals surface area contributed by atoms with Crippen LogP contribution >= 0.6 is 0 Å². The van der Waals surface area contributed by atoms with E-state index in [9.17, 15) is 9.18 Å². The van der Waals surface area contributed by atoms with Gasteiger partial charge < -0.3 is 4.90 Å². The van der Waals surface area contributed by atoms with Crippen molar-refractivity contribution >= 4 is 5.91 Å². The van der Waals surface area contributed by atoms with Gasteiger partial charge in [0.2, 0.25) is 5.91 Å². The SMILES string of the molecule is O=C1CCCN1C=CF. The van der Waals surface area contributed by atoms with Crippen LogP contribution in [0.2, 0.25) is 0 Å². The average molecular weight is 129 g/mol. The Morgan fingerprint density at radius 2 is 2.44 bits per heavy atom. The molecule has 0 aromatic heterocycles. The zero-order valence-corrected chi connectivity index (χ0v) is 5.01. The highest BCUT2D eigenvalue weighted by molar-refractivity contribution is 5.78. The number of carbonyl (C=O) groups excluding carboxylic acids is 1. The summed E-state index contributed by atoms with van der Waals surface area (Å²) in [6.07, 6.45) is 2.98. The van der Waals surface area contributed by atoms with Crippen LogP contribution in [0.3, 0.4) is 0 Å². The highest BCUT2D eigenvalue weighted by atomic mass is 19.1. The second kappa shape index (κ2) is 2.62. The fraction of sp³-hybridized carbons (Fsp3) is 0.500. The minimum atomic E-state index is 0.0175. The molecule has 0 bridgehead atoms. The van der Waals surface area contributed by atoms with Gasteiger partial charge in [0.05, 0.1) is 0 Å². The Hall–Kier alpha value is -0.860. The summed E-state index contributed by atoms with van der Waals surface area (Å²) in [5.41, 5.74) is 0. The van der Waals surface area contributed by atoms with Gasteiger partial charge in [0, 0.05) is 19.2 Å². The molecule has 0 aromatic rings. The molecule has 50 valence electrons. The van der Waals surface area contributed by atoms with Crippen LogP contribution in [0.4, 0.5) is 4.39 Å². The molecule has 0 atom stereocenters. The predicted molar refractivity (Wildman–Crippen MR) is 31.2 cm³/mol. The maximum Gasteiger partial charge on any atom is 0.226 e. The molecule has 1 aliphatic heterocycles. The highest BCUT2D eigenvalue weighted by Gasteiger charge is 2.16. The van der Waals surface area contributed by atoms with Crippen molar-refractivity contribution in [3.63, 3.8) is 0 Å². The normalized spacial score (nSPS) is 20.1. The van der Waals surface area contributed by atoms with E-state index in [0.29, 0.717) is 19.3 Å². The number of rotatable bonds is 1. The summed E-state index contributed by atoms with van der Waals surface area (Å²) in [5.74, 6) is 0.0175. The quantitative estimate of drug-likeness (QED) is 0.518. The van der Waals surface area contributed by atoms with Crippen LogP contribution in [-0.4, -0.2) is 17.4 Å². The van der Waals surface area contributed by atoms with Gasteiger partial charge in [0.1, 0.15) is 6.33 Å². The zero-order valence-electron chi connectivity index (χ0n) is 5.01. The molecule has 0 saturated carbocycles. The summed E-state index contributed by atoms with van der Waals surface area (Å²) in [5, 5.41) is 0. The second-order valence-corrected chi connectivity index (χ2v) is 1.97. The van der Waals surface area contributed by atoms with Gasteiger partial charge in [0.25, 0.3) is 0 Å². The van der Waals surface area contributed by atoms with Gasteiger partial charge in [-0.05, 0) is 6.42 Å². The Balaban J connectivity index is 2.49. The van der Waals surface area contributed by atoms with Crippen molar-refractivity contribution in [2.45, 2.75) is 12.8 Å². The van der Waals surface area contributed by atoms with E-state index in [2.05, 4.69) is 0 Å². The van der Waals surface area contributed by atoms with Crippen molar-refractivity contribution in [1.82, 2.24) is 4.90 Å². The molecule has 0 N–H and O–H groups in total. The number of carbonyl (C=O) groups is 1. The van der Waals surface area contributed by atoms with E-state index in [0.717, 1.165) is 6.42 Å². The number of halogens is 1. The Morgan fingerprint density at radius 1 is 1.67 bits per heavy atom. The maximum absolute atomic E-state index is 11.4. The molecule has 2 nitrogen and oxygen atoms in total. The molecule has 0 radical (unpaired) electrons. The van der Waals surface area contributed by atoms with Crippen molar-refractivity contribution in [3.05, 3.63) is 12.5 Å². The molecule has 1 aliphatic rings. The van der Waals surface area contributed by atoms with Crippen molar-refractivity contribution in [1.29, 1.82) is 0 Å². The summed E-state index contributed by atoms with van der Waals surface area (Å²) < 4.78 is 11.4. The van der Waals surface area contributed by atoms with E-state index in [1.54, 1.807) is 0 Å². The third-order valence-electron chi connectivity index (χ3n) is 1.35. The number of likely N-dealkylation sites (tertiary alicyclic amines) is 1. The lowest BCUT2D eigenvalue weighted by atomic mass is 10.4. The van der Waals surface area contributed by atoms with E-state index in [1.807, 2.05) is 0 Å². The monoisotopic (exact) mass is 129 g/mol. The number of hydrogen-bond donors (Lipinski definition) is 0. The van der Waals surface area contributed by atoms with E-state index < -0.39 is 0 Å². The standard InChI is InChI=1S/C6H8FNO/c7-3-5-8-4-1-2-6(8)9/h3,5H,1-2,4H2. The topological polar surface area (TPSA) is 20.3 Å². The summed E-state index contributed by atoms with van der Waals surface area (Å²) >= 11 is 0. The molecular weight excluding hydrogens is 121 g/mol. The van der Waals surface area contributed by atoms with Crippen LogP contribution in [0.15, 0.2) is 12.5 Å². The summed E-state index contributed by atoms with van der Waals surface area (Å²) in [6, 6.07) is 0. The molecule has 1 fully saturated rings. The number of nitrogens with zero attached hydrogens (tertiary/aromatic N) is 1. The first-order valence-corrected chi connectivity index (χ1v) is 2.91. The zero-order chi connectivity index (χ0) is 6.69. The minimum absolute atomic E-state index is 0.0175. The summed E-state index contributed by atoms with van der Waals surface area (Å²) in [4.78, 5) is 12.1. The lowest BCUT2D eigenvalue weighted by Gasteiger charge is -2.05. The van der Waals surface area contributed by atoms with Gasteiger partial charge in [-0.2, -0.15) is 0 Å². The molecule has 0 aliphatic carbocycles. The molecule has 0 spiro atoms. The largest absolute Gasteiger partial charge is 0.317 e. The fourth-order valence-electron chi connectivity index (χ4n) is 0.895. The first kappa shape index (κ1) is 6.26. The molecule has 0 unspecified atom stereocenters. The minimum Gasteiger partial charge on any atom is -0.317 e. The maximum atomic E-state index is 11.4. The number of hydrogen-bond acceptors (Lipinski definition) is 1. The van der Waals surface area contributed by atoms with Crippen LogP contribution in [0.5, 0.6) is 0 Å². The van der Waals surface area contributed by atoms with Gasteiger partial charge in [0.15, 0.2) is 0 Å². The lowest BCUT2D eigenvalue weighted by Crippen LogP contribution is -2.16. The van der Waals surface area contributed by atoms with E-state index in [4.69, 9.17) is 0 Å². The molecule has 1 rings (SSSR count). The Bertz CT molecular complexity index is 144. The van der Waals surface area contributed by atoms with Crippen LogP contribution < -0.4 is 0 Å². The first-order valence-electron chi connectivity index (χ1n) is 2.91. The van der Waals surface area contributed by atoms with Gasteiger partial charge >= 0.3 is 0 Å². The third kappa shape index (κ3) is 1.28. The molecule has 9 heavy (non-hydrogen) atoms. The predicted octanol–water partition coefficient (Wildman–Crippen LogP) is 1.05. The Kier molecular flexibility index (Phi) is 1.82. The van der Waals surface area contributed by atoms with Gasteiger partial charge in [-0.3, -0.25) is 4.79 Å². The fourth-order valence-corrected chi connectivity index (χ4v) is 0.895. The van der Waals surface area contributed by atoms with Gasteiger partial charge in [-0.1, -0.05) is 0 Å². The van der Waals surface area contributed by atoms with Crippen molar-refractivity contribution in [2.75, 3.05) is 6.54 Å². The third-order valence-corrected chi connectivity index (χ3v) is 1.35. The van der Waals surface area contributed by atoms with Crippen LogP contribution in [0.25, 0.3) is 0 Å². The van der Waals surface area contributed by atoms with E-state index in [1.165, 1.54) is 11.1 Å². The Labute approximate surface area is 53.0 Å². The first-order chi connectivity index (χ1) is 4.34. The highest BCUT2D eigenvalue weighted by Crippen LogP contribution is 2.09.